The Kier molecular flexibility index (Phi) is 5.05. The molecule has 0 heterocycles. The highest BCUT2D eigenvalue weighted by atomic mass is 16.5. The molecule has 0 aromatic heterocycles. The number of hydrogen-bond donors (Lipinski definition) is 2. The summed E-state index contributed by atoms with van der Waals surface area (Å²) in [6, 6.07) is -0.785. The van der Waals surface area contributed by atoms with Crippen molar-refractivity contribution in [2.75, 3.05) is 6.61 Å². The molecular weight excluding hydrogens is 194 g/mol. The largest absolute Gasteiger partial charge is 0.480 e. The van der Waals surface area contributed by atoms with Gasteiger partial charge in [0.1, 0.15) is 6.04 Å². The standard InChI is InChI=1S/C11H21NO3/c1-8-2-4-9(5-3-8)15-7-6-10(12)11(13)14/h8-10H,2-7,12H2,1H3,(H,13,14). The maximum atomic E-state index is 10.4. The van der Waals surface area contributed by atoms with Gasteiger partial charge in [-0.3, -0.25) is 4.79 Å². The van der Waals surface area contributed by atoms with Gasteiger partial charge in [0.15, 0.2) is 0 Å². The second-order valence-electron chi connectivity index (χ2n) is 4.49. The number of carbonyl (C=O) groups is 1. The van der Waals surface area contributed by atoms with Crippen LogP contribution >= 0.6 is 0 Å². The van der Waals surface area contributed by atoms with Crippen LogP contribution in [-0.4, -0.2) is 29.8 Å². The molecule has 15 heavy (non-hydrogen) atoms. The van der Waals surface area contributed by atoms with Crippen molar-refractivity contribution < 1.29 is 14.6 Å². The van der Waals surface area contributed by atoms with Crippen LogP contribution in [0, 0.1) is 5.92 Å². The number of hydrogen-bond acceptors (Lipinski definition) is 3. The topological polar surface area (TPSA) is 72.5 Å². The maximum absolute atomic E-state index is 10.4. The van der Waals surface area contributed by atoms with Crippen molar-refractivity contribution in [2.45, 2.75) is 51.2 Å². The van der Waals surface area contributed by atoms with Gasteiger partial charge in [0.05, 0.1) is 6.10 Å². The number of carboxylic acids is 1. The third-order valence-corrected chi connectivity index (χ3v) is 3.06. The maximum Gasteiger partial charge on any atom is 0.320 e. The van der Waals surface area contributed by atoms with Crippen LogP contribution < -0.4 is 5.73 Å². The molecule has 1 rings (SSSR count). The molecule has 1 fully saturated rings. The molecule has 0 amide bonds. The fourth-order valence-electron chi connectivity index (χ4n) is 1.88. The highest BCUT2D eigenvalue weighted by Crippen LogP contribution is 2.25. The van der Waals surface area contributed by atoms with E-state index in [0.29, 0.717) is 19.1 Å². The number of carboxylic acid groups (broad SMARTS) is 1. The third kappa shape index (κ3) is 4.62. The summed E-state index contributed by atoms with van der Waals surface area (Å²) in [7, 11) is 0. The molecule has 3 N–H and O–H groups in total. The Balaban J connectivity index is 2.07. The number of ether oxygens (including phenoxy) is 1. The van der Waals surface area contributed by atoms with Gasteiger partial charge < -0.3 is 15.6 Å². The fraction of sp³-hybridized carbons (Fsp3) is 0.909. The van der Waals surface area contributed by atoms with Crippen molar-refractivity contribution >= 4 is 5.97 Å². The Morgan fingerprint density at radius 2 is 2.07 bits per heavy atom. The predicted octanol–water partition coefficient (Wildman–Crippen LogP) is 1.38. The summed E-state index contributed by atoms with van der Waals surface area (Å²) < 4.78 is 5.61. The summed E-state index contributed by atoms with van der Waals surface area (Å²) in [4.78, 5) is 10.4. The summed E-state index contributed by atoms with van der Waals surface area (Å²) in [5.41, 5.74) is 5.37. The minimum atomic E-state index is -0.948. The molecule has 0 aromatic rings. The molecule has 0 aromatic carbocycles. The van der Waals surface area contributed by atoms with E-state index in [9.17, 15) is 4.79 Å². The van der Waals surface area contributed by atoms with Gasteiger partial charge in [0.25, 0.3) is 0 Å². The smallest absolute Gasteiger partial charge is 0.320 e. The molecule has 1 aliphatic rings. The molecule has 0 aliphatic heterocycles. The van der Waals surface area contributed by atoms with Gasteiger partial charge in [0.2, 0.25) is 0 Å². The molecule has 0 saturated heterocycles. The Morgan fingerprint density at radius 1 is 1.47 bits per heavy atom. The van der Waals surface area contributed by atoms with Gasteiger partial charge in [-0.2, -0.15) is 0 Å². The normalized spacial score (nSPS) is 28.7. The van der Waals surface area contributed by atoms with Gasteiger partial charge >= 0.3 is 5.97 Å². The molecule has 4 heteroatoms. The van der Waals surface area contributed by atoms with E-state index in [-0.39, 0.29) is 0 Å². The van der Waals surface area contributed by atoms with Gasteiger partial charge in [-0.25, -0.2) is 0 Å². The summed E-state index contributed by atoms with van der Waals surface area (Å²) in [6.45, 7) is 2.73. The zero-order valence-electron chi connectivity index (χ0n) is 9.32. The average Bonchev–Trinajstić information content (AvgIpc) is 2.20. The van der Waals surface area contributed by atoms with E-state index >= 15 is 0 Å². The molecule has 1 saturated carbocycles. The van der Waals surface area contributed by atoms with E-state index in [2.05, 4.69) is 6.92 Å². The Labute approximate surface area is 90.8 Å². The van der Waals surface area contributed by atoms with Gasteiger partial charge in [0, 0.05) is 6.61 Å². The number of rotatable bonds is 5. The van der Waals surface area contributed by atoms with Gasteiger partial charge in [-0.15, -0.1) is 0 Å². The molecular formula is C11H21NO3. The first-order chi connectivity index (χ1) is 7.09. The molecule has 88 valence electrons. The molecule has 0 bridgehead atoms. The van der Waals surface area contributed by atoms with Crippen molar-refractivity contribution in [1.29, 1.82) is 0 Å². The van der Waals surface area contributed by atoms with E-state index < -0.39 is 12.0 Å². The highest BCUT2D eigenvalue weighted by Gasteiger charge is 2.19. The summed E-state index contributed by atoms with van der Waals surface area (Å²) in [5.74, 6) is -0.137. The average molecular weight is 215 g/mol. The highest BCUT2D eigenvalue weighted by molar-refractivity contribution is 5.72. The Hall–Kier alpha value is -0.610. The van der Waals surface area contributed by atoms with Crippen LogP contribution in [0.3, 0.4) is 0 Å². The van der Waals surface area contributed by atoms with Crippen LogP contribution in [0.4, 0.5) is 0 Å². The van der Waals surface area contributed by atoms with Crippen LogP contribution in [0.5, 0.6) is 0 Å². The monoisotopic (exact) mass is 215 g/mol. The third-order valence-electron chi connectivity index (χ3n) is 3.06. The van der Waals surface area contributed by atoms with Crippen molar-refractivity contribution in [3.63, 3.8) is 0 Å². The van der Waals surface area contributed by atoms with Crippen LogP contribution in [0.1, 0.15) is 39.0 Å². The van der Waals surface area contributed by atoms with E-state index in [1.165, 1.54) is 12.8 Å². The van der Waals surface area contributed by atoms with Crippen LogP contribution in [0.15, 0.2) is 0 Å². The van der Waals surface area contributed by atoms with Crippen molar-refractivity contribution in [2.24, 2.45) is 11.7 Å². The first-order valence-electron chi connectivity index (χ1n) is 5.69. The Morgan fingerprint density at radius 3 is 2.60 bits per heavy atom. The minimum Gasteiger partial charge on any atom is -0.480 e. The number of aliphatic carboxylic acids is 1. The molecule has 0 spiro atoms. The predicted molar refractivity (Wildman–Crippen MR) is 57.6 cm³/mol. The van der Waals surface area contributed by atoms with Crippen LogP contribution in [0.25, 0.3) is 0 Å². The lowest BCUT2D eigenvalue weighted by Crippen LogP contribution is -2.32. The lowest BCUT2D eigenvalue weighted by atomic mass is 9.89. The molecule has 1 aliphatic carbocycles. The zero-order chi connectivity index (χ0) is 11.3. The lowest BCUT2D eigenvalue weighted by molar-refractivity contribution is -0.139. The van der Waals surface area contributed by atoms with Crippen molar-refractivity contribution in [3.8, 4) is 0 Å². The Bertz CT molecular complexity index is 200. The lowest BCUT2D eigenvalue weighted by Gasteiger charge is -2.26. The van der Waals surface area contributed by atoms with Crippen LogP contribution in [-0.2, 0) is 9.53 Å². The van der Waals surface area contributed by atoms with Gasteiger partial charge in [-0.1, -0.05) is 6.92 Å². The second-order valence-corrected chi connectivity index (χ2v) is 4.49. The summed E-state index contributed by atoms with van der Waals surface area (Å²) >= 11 is 0. The zero-order valence-corrected chi connectivity index (χ0v) is 9.32. The fourth-order valence-corrected chi connectivity index (χ4v) is 1.88. The first kappa shape index (κ1) is 12.5. The van der Waals surface area contributed by atoms with E-state index in [0.717, 1.165) is 18.8 Å². The first-order valence-corrected chi connectivity index (χ1v) is 5.69. The van der Waals surface area contributed by atoms with E-state index in [4.69, 9.17) is 15.6 Å². The van der Waals surface area contributed by atoms with Crippen molar-refractivity contribution in [3.05, 3.63) is 0 Å². The van der Waals surface area contributed by atoms with Crippen molar-refractivity contribution in [1.82, 2.24) is 0 Å². The second kappa shape index (κ2) is 6.08. The molecule has 1 unspecified atom stereocenters. The molecule has 1 atom stereocenters. The minimum absolute atomic E-state index is 0.321. The number of nitrogens with two attached hydrogens (primary N) is 1. The SMILES string of the molecule is CC1CCC(OCCC(N)C(=O)O)CC1. The van der Waals surface area contributed by atoms with Crippen LogP contribution in [0.2, 0.25) is 0 Å². The molecule has 0 radical (unpaired) electrons. The van der Waals surface area contributed by atoms with E-state index in [1.54, 1.807) is 0 Å². The summed E-state index contributed by atoms with van der Waals surface area (Å²) in [5, 5.41) is 8.57. The summed E-state index contributed by atoms with van der Waals surface area (Å²) in [6.07, 6.45) is 5.36. The molecule has 4 nitrogen and oxygen atoms in total. The quantitative estimate of drug-likeness (QED) is 0.726. The van der Waals surface area contributed by atoms with Gasteiger partial charge in [-0.05, 0) is 38.0 Å². The van der Waals surface area contributed by atoms with E-state index in [1.807, 2.05) is 0 Å².